The van der Waals surface area contributed by atoms with E-state index >= 15 is 0 Å². The number of pyridine rings is 1. The molecular formula is C20H23N3O4. The van der Waals surface area contributed by atoms with E-state index in [9.17, 15) is 9.59 Å². The zero-order valence-electron chi connectivity index (χ0n) is 15.3. The van der Waals surface area contributed by atoms with Crippen LogP contribution in [0.15, 0.2) is 42.7 Å². The number of carboxylic acids is 1. The Balaban J connectivity index is 1.54. The van der Waals surface area contributed by atoms with Gasteiger partial charge in [0.05, 0.1) is 6.54 Å². The number of carboxylic acid groups (broad SMARTS) is 1. The topological polar surface area (TPSA) is 83.0 Å². The fraction of sp³-hybridized carbons (Fsp3) is 0.350. The van der Waals surface area contributed by atoms with E-state index in [0.717, 1.165) is 37.4 Å². The van der Waals surface area contributed by atoms with E-state index in [1.54, 1.807) is 30.6 Å². The van der Waals surface area contributed by atoms with E-state index in [1.165, 1.54) is 0 Å². The number of ether oxygens (including phenoxy) is 1. The predicted octanol–water partition coefficient (Wildman–Crippen LogP) is 1.86. The van der Waals surface area contributed by atoms with Crippen LogP contribution in [-0.2, 0) is 4.79 Å². The third-order valence-corrected chi connectivity index (χ3v) is 4.63. The van der Waals surface area contributed by atoms with Crippen LogP contribution in [0.3, 0.4) is 0 Å². The number of rotatable bonds is 7. The SMILES string of the molecule is Cc1cc(OCC(=O)O)ccc1C(=O)CN1CCN(c2ccncc2)CC1. The molecule has 0 amide bonds. The van der Waals surface area contributed by atoms with E-state index in [2.05, 4.69) is 14.8 Å². The number of benzene rings is 1. The van der Waals surface area contributed by atoms with Crippen molar-refractivity contribution in [2.45, 2.75) is 6.92 Å². The van der Waals surface area contributed by atoms with Crippen molar-refractivity contribution >= 4 is 17.4 Å². The molecular weight excluding hydrogens is 346 g/mol. The summed E-state index contributed by atoms with van der Waals surface area (Å²) >= 11 is 0. The van der Waals surface area contributed by atoms with Gasteiger partial charge in [-0.1, -0.05) is 0 Å². The van der Waals surface area contributed by atoms with Gasteiger partial charge < -0.3 is 14.7 Å². The Morgan fingerprint density at radius 2 is 1.81 bits per heavy atom. The number of hydrogen-bond donors (Lipinski definition) is 1. The number of carbonyl (C=O) groups is 2. The number of carbonyl (C=O) groups excluding carboxylic acids is 1. The largest absolute Gasteiger partial charge is 0.482 e. The van der Waals surface area contributed by atoms with Crippen molar-refractivity contribution < 1.29 is 19.4 Å². The van der Waals surface area contributed by atoms with E-state index in [0.29, 0.717) is 17.9 Å². The molecule has 7 heteroatoms. The molecule has 0 bridgehead atoms. The Kier molecular flexibility index (Phi) is 6.03. The maximum absolute atomic E-state index is 12.7. The van der Waals surface area contributed by atoms with Crippen LogP contribution >= 0.6 is 0 Å². The molecule has 27 heavy (non-hydrogen) atoms. The van der Waals surface area contributed by atoms with Gasteiger partial charge in [-0.25, -0.2) is 4.79 Å². The van der Waals surface area contributed by atoms with Crippen molar-refractivity contribution in [1.82, 2.24) is 9.88 Å². The molecule has 1 aromatic heterocycles. The smallest absolute Gasteiger partial charge is 0.341 e. The third-order valence-electron chi connectivity index (χ3n) is 4.63. The van der Waals surface area contributed by atoms with Crippen molar-refractivity contribution in [1.29, 1.82) is 0 Å². The van der Waals surface area contributed by atoms with Crippen molar-refractivity contribution in [3.63, 3.8) is 0 Å². The molecule has 2 heterocycles. The quantitative estimate of drug-likeness (QED) is 0.746. The molecule has 7 nitrogen and oxygen atoms in total. The minimum atomic E-state index is -1.03. The van der Waals surface area contributed by atoms with Crippen LogP contribution in [0.25, 0.3) is 0 Å². The standard InChI is InChI=1S/C20H23N3O4/c1-15-12-17(27-14-20(25)26)2-3-18(15)19(24)13-22-8-10-23(11-9-22)16-4-6-21-7-5-16/h2-7,12H,8-11,13-14H2,1H3,(H,25,26). The molecule has 1 aliphatic heterocycles. The van der Waals surface area contributed by atoms with Gasteiger partial charge in [0, 0.05) is 49.8 Å². The lowest BCUT2D eigenvalue weighted by atomic mass is 10.0. The number of Topliss-reactive ketones (excluding diaryl/α,β-unsaturated/α-hetero) is 1. The van der Waals surface area contributed by atoms with Gasteiger partial charge in [0.2, 0.25) is 0 Å². The van der Waals surface area contributed by atoms with E-state index < -0.39 is 12.6 Å². The lowest BCUT2D eigenvalue weighted by Gasteiger charge is -2.35. The summed E-state index contributed by atoms with van der Waals surface area (Å²) in [6, 6.07) is 9.06. The molecule has 0 aliphatic carbocycles. The summed E-state index contributed by atoms with van der Waals surface area (Å²) in [5.74, 6) is -0.509. The fourth-order valence-corrected chi connectivity index (χ4v) is 3.19. The summed E-state index contributed by atoms with van der Waals surface area (Å²) < 4.78 is 5.16. The predicted molar refractivity (Wildman–Crippen MR) is 102 cm³/mol. The van der Waals surface area contributed by atoms with Crippen molar-refractivity contribution in [2.24, 2.45) is 0 Å². The molecule has 0 saturated carbocycles. The molecule has 0 spiro atoms. The number of aryl methyl sites for hydroxylation is 1. The van der Waals surface area contributed by atoms with Gasteiger partial charge >= 0.3 is 5.97 Å². The van der Waals surface area contributed by atoms with Crippen LogP contribution < -0.4 is 9.64 Å². The highest BCUT2D eigenvalue weighted by Crippen LogP contribution is 2.19. The summed E-state index contributed by atoms with van der Waals surface area (Å²) in [5, 5.41) is 8.67. The average molecular weight is 369 g/mol. The summed E-state index contributed by atoms with van der Waals surface area (Å²) in [7, 11) is 0. The molecule has 1 N–H and O–H groups in total. The Labute approximate surface area is 158 Å². The van der Waals surface area contributed by atoms with Crippen LogP contribution in [0.2, 0.25) is 0 Å². The molecule has 1 fully saturated rings. The second kappa shape index (κ2) is 8.64. The second-order valence-corrected chi connectivity index (χ2v) is 6.55. The Hall–Kier alpha value is -2.93. The highest BCUT2D eigenvalue weighted by atomic mass is 16.5. The number of aliphatic carboxylic acids is 1. The Morgan fingerprint density at radius 1 is 1.11 bits per heavy atom. The van der Waals surface area contributed by atoms with Crippen LogP contribution in [-0.4, -0.2) is 66.1 Å². The normalized spacial score (nSPS) is 14.8. The van der Waals surface area contributed by atoms with Crippen molar-refractivity contribution in [3.8, 4) is 5.75 Å². The molecule has 0 unspecified atom stereocenters. The summed E-state index contributed by atoms with van der Waals surface area (Å²) in [6.45, 7) is 5.22. The molecule has 1 aromatic carbocycles. The van der Waals surface area contributed by atoms with Crippen LogP contribution in [0, 0.1) is 6.92 Å². The highest BCUT2D eigenvalue weighted by molar-refractivity contribution is 5.99. The maximum atomic E-state index is 12.7. The van der Waals surface area contributed by atoms with Gasteiger partial charge in [-0.3, -0.25) is 14.7 Å². The van der Waals surface area contributed by atoms with Crippen LogP contribution in [0.5, 0.6) is 5.75 Å². The zero-order valence-corrected chi connectivity index (χ0v) is 15.3. The number of aromatic nitrogens is 1. The number of nitrogens with zero attached hydrogens (tertiary/aromatic N) is 3. The van der Waals surface area contributed by atoms with Crippen molar-refractivity contribution in [2.75, 3.05) is 44.2 Å². The minimum absolute atomic E-state index is 0.0645. The first kappa shape index (κ1) is 18.8. The first-order valence-corrected chi connectivity index (χ1v) is 8.88. The Bertz CT molecular complexity index is 802. The first-order chi connectivity index (χ1) is 13.0. The van der Waals surface area contributed by atoms with Gasteiger partial charge in [0.1, 0.15) is 5.75 Å². The number of ketones is 1. The molecule has 1 saturated heterocycles. The van der Waals surface area contributed by atoms with Crippen LogP contribution in [0.1, 0.15) is 15.9 Å². The van der Waals surface area contributed by atoms with E-state index in [-0.39, 0.29) is 5.78 Å². The average Bonchev–Trinajstić information content (AvgIpc) is 2.67. The fourth-order valence-electron chi connectivity index (χ4n) is 3.19. The van der Waals surface area contributed by atoms with Crippen LogP contribution in [0.4, 0.5) is 5.69 Å². The number of anilines is 1. The van der Waals surface area contributed by atoms with E-state index in [4.69, 9.17) is 9.84 Å². The van der Waals surface area contributed by atoms with Gasteiger partial charge in [0.15, 0.2) is 12.4 Å². The minimum Gasteiger partial charge on any atom is -0.482 e. The van der Waals surface area contributed by atoms with Crippen molar-refractivity contribution in [3.05, 3.63) is 53.9 Å². The maximum Gasteiger partial charge on any atom is 0.341 e. The van der Waals surface area contributed by atoms with Gasteiger partial charge in [-0.15, -0.1) is 0 Å². The third kappa shape index (κ3) is 5.04. The molecule has 2 aromatic rings. The summed E-state index contributed by atoms with van der Waals surface area (Å²) in [6.07, 6.45) is 3.58. The van der Waals surface area contributed by atoms with Gasteiger partial charge in [0.25, 0.3) is 0 Å². The summed E-state index contributed by atoms with van der Waals surface area (Å²) in [4.78, 5) is 31.7. The first-order valence-electron chi connectivity index (χ1n) is 8.88. The molecule has 3 rings (SSSR count). The number of piperazine rings is 1. The lowest BCUT2D eigenvalue weighted by Crippen LogP contribution is -2.48. The summed E-state index contributed by atoms with van der Waals surface area (Å²) in [5.41, 5.74) is 2.59. The molecule has 142 valence electrons. The van der Waals surface area contributed by atoms with Gasteiger partial charge in [-0.05, 0) is 42.8 Å². The highest BCUT2D eigenvalue weighted by Gasteiger charge is 2.20. The number of hydrogen-bond acceptors (Lipinski definition) is 6. The Morgan fingerprint density at radius 3 is 2.44 bits per heavy atom. The monoisotopic (exact) mass is 369 g/mol. The van der Waals surface area contributed by atoms with Gasteiger partial charge in [-0.2, -0.15) is 0 Å². The molecule has 0 atom stereocenters. The second-order valence-electron chi connectivity index (χ2n) is 6.55. The van der Waals surface area contributed by atoms with E-state index in [1.807, 2.05) is 19.1 Å². The molecule has 1 aliphatic rings. The molecule has 0 radical (unpaired) electrons. The lowest BCUT2D eigenvalue weighted by molar-refractivity contribution is -0.139. The zero-order chi connectivity index (χ0) is 19.2.